The van der Waals surface area contributed by atoms with E-state index in [2.05, 4.69) is 15.5 Å². The highest BCUT2D eigenvalue weighted by Crippen LogP contribution is 2.42. The van der Waals surface area contributed by atoms with Gasteiger partial charge in [-0.2, -0.15) is 36.5 Å². The van der Waals surface area contributed by atoms with E-state index in [0.29, 0.717) is 10.4 Å². The Kier molecular flexibility index (Phi) is 6.20. The van der Waals surface area contributed by atoms with Crippen molar-refractivity contribution in [2.75, 3.05) is 6.54 Å². The van der Waals surface area contributed by atoms with E-state index in [0.717, 1.165) is 25.8 Å². The number of hydrogen-bond donors (Lipinski definition) is 1. The maximum Gasteiger partial charge on any atom is 0.442 e. The fraction of sp³-hybridized carbons (Fsp3) is 0.588. The molecule has 1 amide bonds. The molecule has 176 valence electrons. The fourth-order valence-corrected chi connectivity index (χ4v) is 3.21. The van der Waals surface area contributed by atoms with Gasteiger partial charge in [0.25, 0.3) is 0 Å². The summed E-state index contributed by atoms with van der Waals surface area (Å²) in [7, 11) is 0. The highest BCUT2D eigenvalue weighted by molar-refractivity contribution is 5.75. The van der Waals surface area contributed by atoms with E-state index in [-0.39, 0.29) is 25.4 Å². The van der Waals surface area contributed by atoms with Crippen LogP contribution in [0, 0.1) is 17.0 Å². The van der Waals surface area contributed by atoms with Crippen molar-refractivity contribution in [3.63, 3.8) is 0 Å². The van der Waals surface area contributed by atoms with Crippen LogP contribution in [-0.2, 0) is 30.2 Å². The van der Waals surface area contributed by atoms with Crippen LogP contribution in [-0.4, -0.2) is 36.9 Å². The van der Waals surface area contributed by atoms with E-state index < -0.39 is 52.5 Å². The van der Waals surface area contributed by atoms with Crippen LogP contribution in [0.15, 0.2) is 6.07 Å². The molecule has 15 heteroatoms. The van der Waals surface area contributed by atoms with Gasteiger partial charge in [0, 0.05) is 24.7 Å². The number of nitrogens with zero attached hydrogens (tertiary/aromatic N) is 5. The Morgan fingerprint density at radius 2 is 1.84 bits per heavy atom. The second-order valence-corrected chi connectivity index (χ2v) is 7.35. The molecule has 0 saturated heterocycles. The van der Waals surface area contributed by atoms with E-state index in [4.69, 9.17) is 0 Å². The smallest absolute Gasteiger partial charge is 0.354 e. The average molecular weight is 468 g/mol. The summed E-state index contributed by atoms with van der Waals surface area (Å²) in [6.45, 7) is 0.477. The number of nitrogens with one attached hydrogen (secondary N) is 1. The second-order valence-electron chi connectivity index (χ2n) is 7.35. The van der Waals surface area contributed by atoms with Crippen molar-refractivity contribution in [2.45, 2.75) is 57.5 Å². The van der Waals surface area contributed by atoms with Gasteiger partial charge in [-0.1, -0.05) is 0 Å². The first kappa shape index (κ1) is 23.5. The summed E-state index contributed by atoms with van der Waals surface area (Å²) in [6.07, 6.45) is -7.86. The number of carbonyl (C=O) groups excluding carboxylic acids is 1. The first-order valence-electron chi connectivity index (χ1n) is 9.49. The first-order chi connectivity index (χ1) is 14.8. The zero-order valence-electron chi connectivity index (χ0n) is 16.6. The number of halogens is 6. The monoisotopic (exact) mass is 468 g/mol. The molecular weight excluding hydrogens is 450 g/mol. The van der Waals surface area contributed by atoms with E-state index in [1.54, 1.807) is 0 Å². The fourth-order valence-electron chi connectivity index (χ4n) is 3.21. The Hall–Kier alpha value is -3.13. The Bertz CT molecular complexity index is 1020. The number of rotatable bonds is 8. The van der Waals surface area contributed by atoms with Gasteiger partial charge < -0.3 is 5.32 Å². The summed E-state index contributed by atoms with van der Waals surface area (Å²) < 4.78 is 79.4. The van der Waals surface area contributed by atoms with Crippen molar-refractivity contribution in [3.8, 4) is 0 Å². The molecule has 2 aromatic heterocycles. The molecular formula is C17H18F6N6O3. The number of aryl methyl sites for hydroxylation is 1. The summed E-state index contributed by atoms with van der Waals surface area (Å²) >= 11 is 0. The molecule has 0 unspecified atom stereocenters. The number of amides is 1. The molecule has 1 N–H and O–H groups in total. The third-order valence-corrected chi connectivity index (χ3v) is 4.89. The molecule has 9 nitrogen and oxygen atoms in total. The van der Waals surface area contributed by atoms with Gasteiger partial charge in [0.2, 0.25) is 11.6 Å². The summed E-state index contributed by atoms with van der Waals surface area (Å²) in [5.74, 6) is -0.729. The molecule has 0 aliphatic heterocycles. The summed E-state index contributed by atoms with van der Waals surface area (Å²) in [5, 5.41) is 20.1. The van der Waals surface area contributed by atoms with Gasteiger partial charge >= 0.3 is 18.0 Å². The van der Waals surface area contributed by atoms with Crippen molar-refractivity contribution in [1.29, 1.82) is 0 Å². The van der Waals surface area contributed by atoms with Crippen LogP contribution in [0.2, 0.25) is 0 Å². The van der Waals surface area contributed by atoms with Crippen LogP contribution >= 0.6 is 0 Å². The SMILES string of the molecule is Cc1c([N+](=O)[O-])c(C(F)(F)F)nn1CC(=O)NCCCn1nc(C(F)(F)F)cc1C1CC1. The molecule has 0 atom stereocenters. The Labute approximate surface area is 176 Å². The molecule has 2 aromatic rings. The number of aromatic nitrogens is 4. The molecule has 0 spiro atoms. The molecule has 0 radical (unpaired) electrons. The summed E-state index contributed by atoms with van der Waals surface area (Å²) in [5.41, 5.74) is -3.86. The van der Waals surface area contributed by atoms with Gasteiger partial charge in [0.15, 0.2) is 5.69 Å². The standard InChI is InChI=1S/C17H18F6N6O3/c1-9-14(29(31)32)15(17(21,22)23)26-28(9)8-13(30)24-5-2-6-27-11(10-3-4-10)7-12(25-27)16(18,19)20/h7,10H,2-6,8H2,1H3,(H,24,30). The van der Waals surface area contributed by atoms with Gasteiger partial charge in [0.05, 0.1) is 4.92 Å². The van der Waals surface area contributed by atoms with E-state index in [1.807, 2.05) is 0 Å². The van der Waals surface area contributed by atoms with Crippen LogP contribution in [0.5, 0.6) is 0 Å². The maximum atomic E-state index is 13.0. The highest BCUT2D eigenvalue weighted by Gasteiger charge is 2.44. The minimum Gasteiger partial charge on any atom is -0.354 e. The molecule has 1 aliphatic carbocycles. The van der Waals surface area contributed by atoms with Gasteiger partial charge in [-0.15, -0.1) is 0 Å². The van der Waals surface area contributed by atoms with E-state index >= 15 is 0 Å². The van der Waals surface area contributed by atoms with Crippen LogP contribution in [0.1, 0.15) is 48.0 Å². The minimum atomic E-state index is -5.06. The predicted molar refractivity (Wildman–Crippen MR) is 95.5 cm³/mol. The molecule has 1 fully saturated rings. The summed E-state index contributed by atoms with van der Waals surface area (Å²) in [4.78, 5) is 21.8. The molecule has 1 saturated carbocycles. The van der Waals surface area contributed by atoms with Crippen LogP contribution < -0.4 is 5.32 Å². The van der Waals surface area contributed by atoms with Gasteiger partial charge in [-0.25, -0.2) is 0 Å². The average Bonchev–Trinajstić information content (AvgIpc) is 3.31. The Morgan fingerprint density at radius 3 is 2.34 bits per heavy atom. The molecule has 1 aliphatic rings. The topological polar surface area (TPSA) is 108 Å². The maximum absolute atomic E-state index is 13.0. The molecule has 3 rings (SSSR count). The predicted octanol–water partition coefficient (Wildman–Crippen LogP) is 3.42. The van der Waals surface area contributed by atoms with Crippen LogP contribution in [0.25, 0.3) is 0 Å². The normalized spacial score (nSPS) is 14.6. The number of hydrogen-bond acceptors (Lipinski definition) is 5. The van der Waals surface area contributed by atoms with Crippen LogP contribution in [0.4, 0.5) is 32.0 Å². The van der Waals surface area contributed by atoms with Crippen molar-refractivity contribution in [1.82, 2.24) is 24.9 Å². The zero-order valence-corrected chi connectivity index (χ0v) is 16.6. The van der Waals surface area contributed by atoms with Crippen molar-refractivity contribution in [2.24, 2.45) is 0 Å². The first-order valence-corrected chi connectivity index (χ1v) is 9.49. The lowest BCUT2D eigenvalue weighted by atomic mass is 10.2. The number of alkyl halides is 6. The Balaban J connectivity index is 1.58. The Morgan fingerprint density at radius 1 is 1.19 bits per heavy atom. The van der Waals surface area contributed by atoms with Gasteiger partial charge in [-0.3, -0.25) is 24.3 Å². The molecule has 32 heavy (non-hydrogen) atoms. The van der Waals surface area contributed by atoms with Crippen LogP contribution in [0.3, 0.4) is 0 Å². The molecule has 0 bridgehead atoms. The van der Waals surface area contributed by atoms with Gasteiger partial charge in [-0.05, 0) is 32.3 Å². The van der Waals surface area contributed by atoms with Crippen molar-refractivity contribution < 1.29 is 36.1 Å². The quantitative estimate of drug-likeness (QED) is 0.277. The third-order valence-electron chi connectivity index (χ3n) is 4.89. The van der Waals surface area contributed by atoms with E-state index in [9.17, 15) is 41.3 Å². The zero-order chi connectivity index (χ0) is 23.8. The summed E-state index contributed by atoms with van der Waals surface area (Å²) in [6, 6.07) is 1.02. The van der Waals surface area contributed by atoms with Crippen molar-refractivity contribution >= 4 is 11.6 Å². The number of nitro groups is 1. The number of carbonyl (C=O) groups is 1. The van der Waals surface area contributed by atoms with Gasteiger partial charge in [0.1, 0.15) is 12.2 Å². The molecule has 2 heterocycles. The molecule has 0 aromatic carbocycles. The minimum absolute atomic E-state index is 0.0126. The lowest BCUT2D eigenvalue weighted by Crippen LogP contribution is -2.30. The second kappa shape index (κ2) is 8.43. The van der Waals surface area contributed by atoms with Crippen molar-refractivity contribution in [3.05, 3.63) is 39.0 Å². The van der Waals surface area contributed by atoms with E-state index in [1.165, 1.54) is 4.68 Å². The third kappa shape index (κ3) is 5.19. The largest absolute Gasteiger partial charge is 0.442 e. The lowest BCUT2D eigenvalue weighted by Gasteiger charge is -2.09. The lowest BCUT2D eigenvalue weighted by molar-refractivity contribution is -0.388. The highest BCUT2D eigenvalue weighted by atomic mass is 19.4.